The summed E-state index contributed by atoms with van der Waals surface area (Å²) in [7, 11) is 1.84. The summed E-state index contributed by atoms with van der Waals surface area (Å²) < 4.78 is 13.0. The van der Waals surface area contributed by atoms with Gasteiger partial charge in [-0.3, -0.25) is 9.48 Å². The number of fused-ring (bicyclic) bond motifs is 1. The van der Waals surface area contributed by atoms with Crippen LogP contribution in [-0.2, 0) is 23.6 Å². The molecule has 2 amide bonds. The van der Waals surface area contributed by atoms with Crippen LogP contribution in [0.25, 0.3) is 11.3 Å². The molecule has 4 heterocycles. The van der Waals surface area contributed by atoms with Gasteiger partial charge in [0.2, 0.25) is 11.8 Å². The average Bonchev–Trinajstić information content (AvgIpc) is 3.55. The molecule has 13 heteroatoms. The van der Waals surface area contributed by atoms with Gasteiger partial charge in [-0.2, -0.15) is 5.10 Å². The van der Waals surface area contributed by atoms with Gasteiger partial charge in [-0.05, 0) is 50.5 Å². The molecule has 1 aliphatic rings. The van der Waals surface area contributed by atoms with E-state index in [1.807, 2.05) is 79.1 Å². The Kier molecular flexibility index (Phi) is 7.91. The summed E-state index contributed by atoms with van der Waals surface area (Å²) >= 11 is 0. The number of anilines is 2. The number of benzene rings is 1. The van der Waals surface area contributed by atoms with Crippen LogP contribution in [0.4, 0.5) is 16.4 Å². The van der Waals surface area contributed by atoms with Crippen molar-refractivity contribution in [2.45, 2.75) is 65.0 Å². The van der Waals surface area contributed by atoms with Crippen LogP contribution in [-0.4, -0.2) is 65.5 Å². The second kappa shape index (κ2) is 11.5. The van der Waals surface area contributed by atoms with Gasteiger partial charge in [0, 0.05) is 43.5 Å². The number of nitrogens with one attached hydrogen (secondary N) is 2. The summed E-state index contributed by atoms with van der Waals surface area (Å²) in [6.45, 7) is 11.9. The minimum Gasteiger partial charge on any atom is -0.444 e. The molecule has 0 bridgehead atoms. The standard InChI is InChI=1S/C30H37N9O4/c1-29(2,3)26-37-36-25(42-26)24(40)34-23-17-39(28(41)43-30(4,5)6)13-11-18-14-19(8-9-21(18)23)22-10-12-31-27(35-22)33-20-15-32-38(7)16-20/h8-10,12,14-16,23H,11,13,17H2,1-7H3,(H,34,40)(H,31,33,35). The molecule has 1 aromatic carbocycles. The second-order valence-corrected chi connectivity index (χ2v) is 12.6. The van der Waals surface area contributed by atoms with Gasteiger partial charge in [0.05, 0.1) is 23.6 Å². The van der Waals surface area contributed by atoms with Gasteiger partial charge in [0.1, 0.15) is 5.60 Å². The first-order valence-electron chi connectivity index (χ1n) is 14.1. The van der Waals surface area contributed by atoms with Crippen molar-refractivity contribution in [3.8, 4) is 11.3 Å². The monoisotopic (exact) mass is 587 g/mol. The second-order valence-electron chi connectivity index (χ2n) is 12.6. The Morgan fingerprint density at radius 2 is 1.88 bits per heavy atom. The van der Waals surface area contributed by atoms with Gasteiger partial charge in [-0.1, -0.05) is 32.9 Å². The van der Waals surface area contributed by atoms with Gasteiger partial charge < -0.3 is 24.7 Å². The number of carbonyl (C=O) groups is 2. The zero-order chi connectivity index (χ0) is 30.9. The lowest BCUT2D eigenvalue weighted by Crippen LogP contribution is -2.42. The molecule has 226 valence electrons. The molecule has 0 aliphatic carbocycles. The van der Waals surface area contributed by atoms with E-state index in [0.717, 1.165) is 28.1 Å². The number of ether oxygens (including phenoxy) is 1. The van der Waals surface area contributed by atoms with Crippen LogP contribution >= 0.6 is 0 Å². The van der Waals surface area contributed by atoms with E-state index < -0.39 is 29.1 Å². The highest BCUT2D eigenvalue weighted by Gasteiger charge is 2.32. The van der Waals surface area contributed by atoms with Crippen LogP contribution in [0.5, 0.6) is 0 Å². The Morgan fingerprint density at radius 3 is 2.56 bits per heavy atom. The van der Waals surface area contributed by atoms with Crippen molar-refractivity contribution >= 4 is 23.6 Å². The molecular weight excluding hydrogens is 550 g/mol. The van der Waals surface area contributed by atoms with Crippen LogP contribution < -0.4 is 10.6 Å². The summed E-state index contributed by atoms with van der Waals surface area (Å²) in [5, 5.41) is 18.4. The molecule has 2 N–H and O–H groups in total. The number of hydrogen-bond donors (Lipinski definition) is 2. The highest BCUT2D eigenvalue weighted by Crippen LogP contribution is 2.30. The summed E-state index contributed by atoms with van der Waals surface area (Å²) in [5.74, 6) is 0.152. The van der Waals surface area contributed by atoms with Gasteiger partial charge in [-0.25, -0.2) is 14.8 Å². The maximum Gasteiger partial charge on any atom is 0.410 e. The fraction of sp³-hybridized carbons (Fsp3) is 0.433. The van der Waals surface area contributed by atoms with E-state index in [1.54, 1.807) is 22.0 Å². The number of aromatic nitrogens is 6. The third-order valence-corrected chi connectivity index (χ3v) is 6.70. The lowest BCUT2D eigenvalue weighted by molar-refractivity contribution is 0.0237. The van der Waals surface area contributed by atoms with Gasteiger partial charge in [0.15, 0.2) is 0 Å². The zero-order valence-corrected chi connectivity index (χ0v) is 25.5. The zero-order valence-electron chi connectivity index (χ0n) is 25.5. The summed E-state index contributed by atoms with van der Waals surface area (Å²) in [6.07, 6.45) is 5.32. The van der Waals surface area contributed by atoms with Crippen molar-refractivity contribution in [2.24, 2.45) is 7.05 Å². The SMILES string of the molecule is Cn1cc(Nc2nccc(-c3ccc4c(c3)CCN(C(=O)OC(C)(C)C)CC4NC(=O)c3nnc(C(C)(C)C)o3)n2)cn1. The molecule has 1 unspecified atom stereocenters. The van der Waals surface area contributed by atoms with Crippen LogP contribution in [0.15, 0.2) is 47.3 Å². The molecule has 1 aliphatic heterocycles. The topological polar surface area (TPSA) is 153 Å². The summed E-state index contributed by atoms with van der Waals surface area (Å²) in [6, 6.07) is 7.22. The van der Waals surface area contributed by atoms with E-state index in [4.69, 9.17) is 14.1 Å². The maximum atomic E-state index is 13.3. The molecule has 0 spiro atoms. The molecule has 0 saturated carbocycles. The number of rotatable bonds is 5. The molecule has 3 aromatic heterocycles. The van der Waals surface area contributed by atoms with Gasteiger partial charge in [-0.15, -0.1) is 10.2 Å². The molecule has 0 saturated heterocycles. The lowest BCUT2D eigenvalue weighted by Gasteiger charge is -2.28. The van der Waals surface area contributed by atoms with Crippen LogP contribution in [0.1, 0.15) is 75.3 Å². The molecular formula is C30H37N9O4. The van der Waals surface area contributed by atoms with Crippen LogP contribution in [0.3, 0.4) is 0 Å². The van der Waals surface area contributed by atoms with Crippen molar-refractivity contribution in [1.29, 1.82) is 0 Å². The predicted octanol–water partition coefficient (Wildman–Crippen LogP) is 4.57. The number of amides is 2. The number of aryl methyl sites for hydroxylation is 1. The van der Waals surface area contributed by atoms with Crippen molar-refractivity contribution < 1.29 is 18.7 Å². The summed E-state index contributed by atoms with van der Waals surface area (Å²) in [5.41, 5.74) is 3.15. The minimum atomic E-state index is -0.663. The number of carbonyl (C=O) groups excluding carboxylic acids is 2. The van der Waals surface area contributed by atoms with Crippen molar-refractivity contribution in [2.75, 3.05) is 18.4 Å². The fourth-order valence-electron chi connectivity index (χ4n) is 4.64. The van der Waals surface area contributed by atoms with Gasteiger partial charge in [0.25, 0.3) is 0 Å². The summed E-state index contributed by atoms with van der Waals surface area (Å²) in [4.78, 5) is 37.1. The first-order valence-corrected chi connectivity index (χ1v) is 14.1. The quantitative estimate of drug-likeness (QED) is 0.340. The molecule has 43 heavy (non-hydrogen) atoms. The molecule has 13 nitrogen and oxygen atoms in total. The fourth-order valence-corrected chi connectivity index (χ4v) is 4.64. The average molecular weight is 588 g/mol. The highest BCUT2D eigenvalue weighted by atomic mass is 16.6. The first kappa shape index (κ1) is 29.7. The molecule has 0 fully saturated rings. The van der Waals surface area contributed by atoms with E-state index in [1.165, 1.54) is 0 Å². The van der Waals surface area contributed by atoms with E-state index in [-0.39, 0.29) is 12.4 Å². The third kappa shape index (κ3) is 7.16. The minimum absolute atomic E-state index is 0.134. The molecule has 0 radical (unpaired) electrons. The van der Waals surface area contributed by atoms with Crippen LogP contribution in [0, 0.1) is 0 Å². The molecule has 1 atom stereocenters. The van der Waals surface area contributed by atoms with Crippen molar-refractivity contribution in [1.82, 2.24) is 40.2 Å². The largest absolute Gasteiger partial charge is 0.444 e. The normalized spacial score (nSPS) is 15.4. The lowest BCUT2D eigenvalue weighted by atomic mass is 9.96. The Labute approximate surface area is 250 Å². The van der Waals surface area contributed by atoms with Crippen molar-refractivity contribution in [3.05, 3.63) is 65.8 Å². The Balaban J connectivity index is 1.44. The van der Waals surface area contributed by atoms with E-state index in [0.29, 0.717) is 24.8 Å². The molecule has 5 rings (SSSR count). The predicted molar refractivity (Wildman–Crippen MR) is 159 cm³/mol. The highest BCUT2D eigenvalue weighted by molar-refractivity contribution is 5.89. The van der Waals surface area contributed by atoms with Crippen molar-refractivity contribution in [3.63, 3.8) is 0 Å². The maximum absolute atomic E-state index is 13.3. The number of nitrogens with zero attached hydrogens (tertiary/aromatic N) is 7. The van der Waals surface area contributed by atoms with E-state index in [2.05, 4.69) is 30.9 Å². The van der Waals surface area contributed by atoms with Gasteiger partial charge >= 0.3 is 17.9 Å². The Morgan fingerprint density at radius 1 is 1.09 bits per heavy atom. The van der Waals surface area contributed by atoms with E-state index >= 15 is 0 Å². The Hall–Kier alpha value is -4.81. The van der Waals surface area contributed by atoms with Crippen LogP contribution in [0.2, 0.25) is 0 Å². The number of hydrogen-bond acceptors (Lipinski definition) is 10. The first-order chi connectivity index (χ1) is 20.2. The smallest absolute Gasteiger partial charge is 0.410 e. The Bertz CT molecular complexity index is 1630. The molecule has 4 aromatic rings. The van der Waals surface area contributed by atoms with E-state index in [9.17, 15) is 9.59 Å². The third-order valence-electron chi connectivity index (χ3n) is 6.70.